The van der Waals surface area contributed by atoms with Crippen molar-refractivity contribution in [3.63, 3.8) is 0 Å². The van der Waals surface area contributed by atoms with Gasteiger partial charge in [0.25, 0.3) is 0 Å². The molecule has 7 heteroatoms. The van der Waals surface area contributed by atoms with Crippen molar-refractivity contribution >= 4 is 17.5 Å². The molecule has 0 bridgehead atoms. The Bertz CT molecular complexity index is 612. The molecule has 2 fully saturated rings. The summed E-state index contributed by atoms with van der Waals surface area (Å²) in [5.74, 6) is 2.16. The van der Waals surface area contributed by atoms with Crippen LogP contribution in [0.2, 0.25) is 0 Å². The average Bonchev–Trinajstić information content (AvgIpc) is 3.26. The Morgan fingerprint density at radius 1 is 0.935 bits per heavy atom. The maximum Gasteiger partial charge on any atom is 0.222 e. The van der Waals surface area contributed by atoms with E-state index < -0.39 is 0 Å². The monoisotopic (exact) mass is 435 g/mol. The molecule has 4 N–H and O–H groups in total. The first kappa shape index (κ1) is 25.7. The van der Waals surface area contributed by atoms with Crippen molar-refractivity contribution in [2.75, 3.05) is 42.8 Å². The largest absolute Gasteiger partial charge is 0.400 e. The number of nitrogen functional groups attached to an aromatic ring is 1. The lowest BCUT2D eigenvalue weighted by atomic mass is 9.98. The molecule has 0 saturated heterocycles. The van der Waals surface area contributed by atoms with Crippen LogP contribution in [-0.4, -0.2) is 59.6 Å². The van der Waals surface area contributed by atoms with Gasteiger partial charge in [-0.15, -0.1) is 0 Å². The van der Waals surface area contributed by atoms with E-state index in [1.165, 1.54) is 64.2 Å². The van der Waals surface area contributed by atoms with Crippen molar-refractivity contribution in [1.29, 1.82) is 0 Å². The maximum absolute atomic E-state index is 9.51. The topological polar surface area (TPSA) is 98.7 Å². The predicted octanol–water partition coefficient (Wildman–Crippen LogP) is 3.98. The number of aliphatic hydroxyl groups excluding tert-OH is 2. The van der Waals surface area contributed by atoms with Gasteiger partial charge in [0.05, 0.1) is 18.0 Å². The van der Waals surface area contributed by atoms with Gasteiger partial charge in [0, 0.05) is 33.3 Å². The van der Waals surface area contributed by atoms with Crippen LogP contribution in [0, 0.1) is 5.92 Å². The number of fused-ring (bicyclic) bond motifs is 1. The third kappa shape index (κ3) is 8.11. The number of aromatic nitrogens is 2. The molecule has 2 unspecified atom stereocenters. The number of hydrogen-bond acceptors (Lipinski definition) is 7. The second kappa shape index (κ2) is 13.7. The Balaban J connectivity index is 0.000000226. The molecule has 2 saturated carbocycles. The van der Waals surface area contributed by atoms with Gasteiger partial charge in [-0.05, 0) is 38.0 Å². The third-order valence-electron chi connectivity index (χ3n) is 6.77. The first-order chi connectivity index (χ1) is 15.0. The van der Waals surface area contributed by atoms with Gasteiger partial charge in [-0.3, -0.25) is 0 Å². The van der Waals surface area contributed by atoms with Gasteiger partial charge in [0.15, 0.2) is 5.82 Å². The first-order valence-electron chi connectivity index (χ1n) is 12.3. The molecular weight excluding hydrogens is 390 g/mol. The highest BCUT2D eigenvalue weighted by Crippen LogP contribution is 2.35. The van der Waals surface area contributed by atoms with E-state index in [-0.39, 0.29) is 6.10 Å². The van der Waals surface area contributed by atoms with Crippen molar-refractivity contribution in [2.24, 2.45) is 5.92 Å². The van der Waals surface area contributed by atoms with Crippen molar-refractivity contribution < 1.29 is 10.2 Å². The van der Waals surface area contributed by atoms with E-state index in [0.717, 1.165) is 50.5 Å². The van der Waals surface area contributed by atoms with E-state index in [2.05, 4.69) is 33.7 Å². The Morgan fingerprint density at radius 3 is 2.29 bits per heavy atom. The highest BCUT2D eigenvalue weighted by molar-refractivity contribution is 5.68. The van der Waals surface area contributed by atoms with Gasteiger partial charge in [-0.1, -0.05) is 51.9 Å². The molecule has 1 aromatic rings. The van der Waals surface area contributed by atoms with Crippen molar-refractivity contribution in [3.05, 3.63) is 6.20 Å². The lowest BCUT2D eigenvalue weighted by molar-refractivity contribution is 0.134. The number of hydrogen-bond donors (Lipinski definition) is 3. The summed E-state index contributed by atoms with van der Waals surface area (Å²) in [5.41, 5.74) is 6.89. The van der Waals surface area contributed by atoms with E-state index >= 15 is 0 Å². The lowest BCUT2D eigenvalue weighted by Crippen LogP contribution is -2.34. The SMILES string of the molecule is CC1CCCCCCC(O)C1.CN1CCCN(C2CCCC2)c2nc(N)ncc21.CO. The highest BCUT2D eigenvalue weighted by Gasteiger charge is 2.28. The predicted molar refractivity (Wildman–Crippen MR) is 130 cm³/mol. The number of anilines is 3. The summed E-state index contributed by atoms with van der Waals surface area (Å²) in [6, 6.07) is 0.643. The van der Waals surface area contributed by atoms with Gasteiger partial charge < -0.3 is 25.7 Å². The summed E-state index contributed by atoms with van der Waals surface area (Å²) in [4.78, 5) is 13.3. The van der Waals surface area contributed by atoms with Gasteiger partial charge in [-0.25, -0.2) is 4.98 Å². The Hall–Kier alpha value is -1.60. The molecule has 2 atom stereocenters. The van der Waals surface area contributed by atoms with Crippen LogP contribution in [0.15, 0.2) is 6.20 Å². The Morgan fingerprint density at radius 2 is 1.58 bits per heavy atom. The minimum atomic E-state index is -0.0110. The molecule has 3 aliphatic rings. The second-order valence-corrected chi connectivity index (χ2v) is 9.33. The van der Waals surface area contributed by atoms with Crippen LogP contribution in [0.5, 0.6) is 0 Å². The van der Waals surface area contributed by atoms with Crippen LogP contribution in [0.25, 0.3) is 0 Å². The number of rotatable bonds is 1. The zero-order chi connectivity index (χ0) is 22.6. The third-order valence-corrected chi connectivity index (χ3v) is 6.77. The maximum atomic E-state index is 9.51. The molecule has 0 spiro atoms. The van der Waals surface area contributed by atoms with Crippen molar-refractivity contribution in [3.8, 4) is 0 Å². The summed E-state index contributed by atoms with van der Waals surface area (Å²) in [6.07, 6.45) is 16.9. The molecule has 1 aromatic heterocycles. The van der Waals surface area contributed by atoms with Gasteiger partial charge in [-0.2, -0.15) is 4.98 Å². The summed E-state index contributed by atoms with van der Waals surface area (Å²) in [7, 11) is 3.11. The molecule has 0 radical (unpaired) electrons. The van der Waals surface area contributed by atoms with Crippen LogP contribution in [-0.2, 0) is 0 Å². The molecule has 0 amide bonds. The van der Waals surface area contributed by atoms with Gasteiger partial charge >= 0.3 is 0 Å². The second-order valence-electron chi connectivity index (χ2n) is 9.33. The minimum Gasteiger partial charge on any atom is -0.400 e. The molecule has 1 aliphatic heterocycles. The molecular formula is C24H45N5O2. The average molecular weight is 436 g/mol. The Labute approximate surface area is 189 Å². The molecule has 178 valence electrons. The van der Waals surface area contributed by atoms with Crippen molar-refractivity contribution in [2.45, 2.75) is 96.1 Å². The molecule has 2 heterocycles. The quantitative estimate of drug-likeness (QED) is 0.613. The van der Waals surface area contributed by atoms with Crippen LogP contribution in [0.4, 0.5) is 17.5 Å². The minimum absolute atomic E-state index is 0.0110. The van der Waals surface area contributed by atoms with E-state index in [4.69, 9.17) is 10.8 Å². The van der Waals surface area contributed by atoms with Crippen LogP contribution in [0.3, 0.4) is 0 Å². The first-order valence-corrected chi connectivity index (χ1v) is 12.3. The molecule has 4 rings (SSSR count). The molecule has 2 aliphatic carbocycles. The van der Waals surface area contributed by atoms with Crippen LogP contribution < -0.4 is 15.5 Å². The van der Waals surface area contributed by atoms with Crippen molar-refractivity contribution in [1.82, 2.24) is 9.97 Å². The van der Waals surface area contributed by atoms with Crippen LogP contribution in [0.1, 0.15) is 84.0 Å². The smallest absolute Gasteiger partial charge is 0.222 e. The fourth-order valence-corrected chi connectivity index (χ4v) is 5.06. The Kier molecular flexibility index (Phi) is 11.4. The zero-order valence-electron chi connectivity index (χ0n) is 20.0. The molecule has 31 heavy (non-hydrogen) atoms. The van der Waals surface area contributed by atoms with Gasteiger partial charge in [0.2, 0.25) is 5.95 Å². The van der Waals surface area contributed by atoms with Gasteiger partial charge in [0.1, 0.15) is 0 Å². The fraction of sp³-hybridized carbons (Fsp3) is 0.833. The highest BCUT2D eigenvalue weighted by atomic mass is 16.3. The summed E-state index contributed by atoms with van der Waals surface area (Å²) < 4.78 is 0. The number of nitrogens with two attached hydrogens (primary N) is 1. The molecule has 7 nitrogen and oxygen atoms in total. The summed E-state index contributed by atoms with van der Waals surface area (Å²) >= 11 is 0. The van der Waals surface area contributed by atoms with E-state index in [0.29, 0.717) is 12.0 Å². The number of aliphatic hydroxyl groups is 2. The van der Waals surface area contributed by atoms with E-state index in [1.807, 2.05) is 6.20 Å². The summed E-state index contributed by atoms with van der Waals surface area (Å²) in [5, 5.41) is 16.5. The normalized spacial score (nSPS) is 24.9. The fourth-order valence-electron chi connectivity index (χ4n) is 5.06. The number of nitrogens with zero attached hydrogens (tertiary/aromatic N) is 4. The van der Waals surface area contributed by atoms with E-state index in [1.54, 1.807) is 0 Å². The molecule has 0 aromatic carbocycles. The standard InChI is InChI=1S/C13H21N5.C10H20O.CH4O/c1-17-7-4-8-18(10-5-2-3-6-10)12-11(17)9-15-13(14)16-12;1-9-6-4-2-3-5-7-10(11)8-9;1-2/h9-10H,2-8H2,1H3,(H2,14,15,16);9-11H,2-8H2,1H3;2H,1H3. The zero-order valence-corrected chi connectivity index (χ0v) is 20.0. The van der Waals surface area contributed by atoms with Crippen LogP contribution >= 0.6 is 0 Å². The van der Waals surface area contributed by atoms with E-state index in [9.17, 15) is 5.11 Å². The lowest BCUT2D eigenvalue weighted by Gasteiger charge is -2.30. The summed E-state index contributed by atoms with van der Waals surface area (Å²) in [6.45, 7) is 4.40.